The van der Waals surface area contributed by atoms with Crippen LogP contribution in [0.25, 0.3) is 0 Å². The Labute approximate surface area is 194 Å². The van der Waals surface area contributed by atoms with Crippen LogP contribution in [-0.4, -0.2) is 64.2 Å². The zero-order valence-electron chi connectivity index (χ0n) is 18.4. The third kappa shape index (κ3) is 6.96. The number of hydrogen-bond donors (Lipinski definition) is 2. The fourth-order valence-corrected chi connectivity index (χ4v) is 3.21. The fourth-order valence-electron chi connectivity index (χ4n) is 2.50. The second-order valence-electron chi connectivity index (χ2n) is 6.60. The summed E-state index contributed by atoms with van der Waals surface area (Å²) in [4.78, 5) is 25.4. The largest absolute Gasteiger partial charge is 0.495 e. The second kappa shape index (κ2) is 12.1. The first-order valence-corrected chi connectivity index (χ1v) is 11.5. The maximum atomic E-state index is 12.8. The van der Waals surface area contributed by atoms with Gasteiger partial charge in [0, 0.05) is 19.0 Å². The zero-order chi connectivity index (χ0) is 23.7. The SMILES string of the molecule is C=[N+](C)C(CNC(=O)c1cnc(S(C)=O)nc1NCc1ccc(OC)c(Cl)c1)=NC=CC. The van der Waals surface area contributed by atoms with Crippen LogP contribution < -0.4 is 15.4 Å². The first-order chi connectivity index (χ1) is 15.3. The van der Waals surface area contributed by atoms with Crippen LogP contribution in [-0.2, 0) is 17.3 Å². The van der Waals surface area contributed by atoms with E-state index >= 15 is 0 Å². The van der Waals surface area contributed by atoms with Crippen molar-refractivity contribution in [2.75, 3.05) is 32.3 Å². The van der Waals surface area contributed by atoms with Gasteiger partial charge in [0.25, 0.3) is 5.91 Å². The number of aromatic nitrogens is 2. The molecule has 32 heavy (non-hydrogen) atoms. The highest BCUT2D eigenvalue weighted by Gasteiger charge is 2.18. The third-order valence-electron chi connectivity index (χ3n) is 4.16. The van der Waals surface area contributed by atoms with Gasteiger partial charge in [-0.15, -0.1) is 0 Å². The number of halogens is 1. The van der Waals surface area contributed by atoms with Gasteiger partial charge in [0.05, 0.1) is 36.7 Å². The number of amides is 1. The Hall–Kier alpha value is -3.11. The number of allylic oxidation sites excluding steroid dienone is 1. The molecule has 0 fully saturated rings. The van der Waals surface area contributed by atoms with E-state index in [0.29, 0.717) is 23.2 Å². The number of ether oxygens (including phenoxy) is 1. The topological polar surface area (TPSA) is 109 Å². The van der Waals surface area contributed by atoms with Gasteiger partial charge in [-0.2, -0.15) is 0 Å². The highest BCUT2D eigenvalue weighted by Crippen LogP contribution is 2.25. The molecule has 1 aromatic carbocycles. The summed E-state index contributed by atoms with van der Waals surface area (Å²) in [5.74, 6) is 0.964. The van der Waals surface area contributed by atoms with Crippen LogP contribution >= 0.6 is 11.6 Å². The number of carbonyl (C=O) groups is 1. The van der Waals surface area contributed by atoms with E-state index in [2.05, 4.69) is 32.3 Å². The number of anilines is 1. The number of methoxy groups -OCH3 is 1. The number of nitrogens with one attached hydrogen (secondary N) is 2. The summed E-state index contributed by atoms with van der Waals surface area (Å²) < 4.78 is 18.6. The first kappa shape index (κ1) is 25.2. The minimum Gasteiger partial charge on any atom is -0.495 e. The van der Waals surface area contributed by atoms with Crippen molar-refractivity contribution in [3.63, 3.8) is 0 Å². The molecule has 2 aromatic rings. The quantitative estimate of drug-likeness (QED) is 0.248. The highest BCUT2D eigenvalue weighted by atomic mass is 35.5. The number of likely N-dealkylation sites (N-methyl/N-ethyl adjacent to an activating group) is 1. The summed E-state index contributed by atoms with van der Waals surface area (Å²) in [5.41, 5.74) is 1.05. The number of hydrogen-bond acceptors (Lipinski definition) is 7. The average molecular weight is 478 g/mol. The normalized spacial score (nSPS) is 12.5. The Kier molecular flexibility index (Phi) is 9.48. The lowest BCUT2D eigenvalue weighted by atomic mass is 10.2. The monoisotopic (exact) mass is 477 g/mol. The molecule has 1 aromatic heterocycles. The molecule has 0 bridgehead atoms. The number of carbonyl (C=O) groups excluding carboxylic acids is 1. The molecule has 1 atom stereocenters. The summed E-state index contributed by atoms with van der Waals surface area (Å²) in [6, 6.07) is 5.34. The molecule has 1 amide bonds. The molecule has 9 nitrogen and oxygen atoms in total. The molecule has 2 rings (SSSR count). The number of benzene rings is 1. The van der Waals surface area contributed by atoms with Gasteiger partial charge in [-0.3, -0.25) is 9.00 Å². The Balaban J connectivity index is 2.25. The predicted molar refractivity (Wildman–Crippen MR) is 128 cm³/mol. The van der Waals surface area contributed by atoms with Crippen molar-refractivity contribution in [3.05, 3.63) is 52.8 Å². The van der Waals surface area contributed by atoms with Crippen LogP contribution in [0.5, 0.6) is 5.75 Å². The van der Waals surface area contributed by atoms with Crippen molar-refractivity contribution in [3.8, 4) is 5.75 Å². The molecule has 2 N–H and O–H groups in total. The van der Waals surface area contributed by atoms with Gasteiger partial charge in [-0.25, -0.2) is 14.5 Å². The number of aliphatic imine (C=N–C) groups is 1. The van der Waals surface area contributed by atoms with Crippen LogP contribution in [0, 0.1) is 0 Å². The number of nitrogens with zero attached hydrogens (tertiary/aromatic N) is 4. The van der Waals surface area contributed by atoms with Gasteiger partial charge in [-0.1, -0.05) is 22.7 Å². The molecular weight excluding hydrogens is 452 g/mol. The van der Waals surface area contributed by atoms with E-state index < -0.39 is 16.7 Å². The van der Waals surface area contributed by atoms with Crippen LogP contribution in [0.2, 0.25) is 5.02 Å². The van der Waals surface area contributed by atoms with Crippen LogP contribution in [0.3, 0.4) is 0 Å². The predicted octanol–water partition coefficient (Wildman–Crippen LogP) is 2.49. The summed E-state index contributed by atoms with van der Waals surface area (Å²) in [6.45, 7) is 6.12. The molecule has 1 unspecified atom stereocenters. The van der Waals surface area contributed by atoms with E-state index in [9.17, 15) is 9.00 Å². The van der Waals surface area contributed by atoms with Gasteiger partial charge < -0.3 is 15.4 Å². The van der Waals surface area contributed by atoms with E-state index in [-0.39, 0.29) is 23.1 Å². The number of rotatable bonds is 9. The van der Waals surface area contributed by atoms with E-state index in [0.717, 1.165) is 5.56 Å². The highest BCUT2D eigenvalue weighted by molar-refractivity contribution is 7.84. The molecule has 11 heteroatoms. The van der Waals surface area contributed by atoms with Crippen molar-refractivity contribution in [1.82, 2.24) is 15.3 Å². The van der Waals surface area contributed by atoms with Crippen molar-refractivity contribution in [2.24, 2.45) is 4.99 Å². The summed E-state index contributed by atoms with van der Waals surface area (Å²) in [6.07, 6.45) is 6.20. The van der Waals surface area contributed by atoms with Gasteiger partial charge in [-0.05, 0) is 30.7 Å². The van der Waals surface area contributed by atoms with Crippen molar-refractivity contribution in [1.29, 1.82) is 0 Å². The summed E-state index contributed by atoms with van der Waals surface area (Å²) >= 11 is 6.18. The van der Waals surface area contributed by atoms with Gasteiger partial charge in [0.1, 0.15) is 29.9 Å². The summed E-state index contributed by atoms with van der Waals surface area (Å²) in [7, 11) is 1.86. The smallest absolute Gasteiger partial charge is 0.316 e. The maximum Gasteiger partial charge on any atom is 0.316 e. The van der Waals surface area contributed by atoms with Crippen molar-refractivity contribution in [2.45, 2.75) is 18.6 Å². The third-order valence-corrected chi connectivity index (χ3v) is 5.17. The first-order valence-electron chi connectivity index (χ1n) is 9.53. The Bertz CT molecular complexity index is 1090. The minimum atomic E-state index is -1.41. The fraction of sp³-hybridized carbons (Fsp3) is 0.286. The maximum absolute atomic E-state index is 12.8. The van der Waals surface area contributed by atoms with Gasteiger partial charge in [0.2, 0.25) is 5.16 Å². The molecule has 1 heterocycles. The van der Waals surface area contributed by atoms with E-state index in [1.165, 1.54) is 12.5 Å². The van der Waals surface area contributed by atoms with Crippen LogP contribution in [0.15, 0.2) is 46.8 Å². The molecule has 0 aliphatic rings. The van der Waals surface area contributed by atoms with Gasteiger partial charge >= 0.3 is 5.84 Å². The van der Waals surface area contributed by atoms with E-state index in [4.69, 9.17) is 16.3 Å². The second-order valence-corrected chi connectivity index (χ2v) is 8.28. The molecular formula is C21H26ClN6O3S+. The number of amidine groups is 1. The Morgan fingerprint density at radius 2 is 2.19 bits per heavy atom. The Morgan fingerprint density at radius 3 is 2.78 bits per heavy atom. The average Bonchev–Trinajstić information content (AvgIpc) is 2.77. The molecule has 0 radical (unpaired) electrons. The van der Waals surface area contributed by atoms with E-state index in [1.54, 1.807) is 43.1 Å². The van der Waals surface area contributed by atoms with Crippen molar-refractivity contribution < 1.29 is 18.3 Å². The molecule has 0 saturated heterocycles. The van der Waals surface area contributed by atoms with Gasteiger partial charge in [0.15, 0.2) is 0 Å². The lowest BCUT2D eigenvalue weighted by molar-refractivity contribution is -0.362. The van der Waals surface area contributed by atoms with Crippen molar-refractivity contribution >= 4 is 46.7 Å². The molecule has 0 aliphatic carbocycles. The lowest BCUT2D eigenvalue weighted by Crippen LogP contribution is -2.34. The molecule has 0 saturated carbocycles. The molecule has 0 aliphatic heterocycles. The summed E-state index contributed by atoms with van der Waals surface area (Å²) in [5, 5.41) is 6.47. The minimum absolute atomic E-state index is 0.115. The van der Waals surface area contributed by atoms with Crippen LogP contribution in [0.4, 0.5) is 5.82 Å². The lowest BCUT2D eigenvalue weighted by Gasteiger charge is -2.12. The zero-order valence-corrected chi connectivity index (χ0v) is 20.0. The molecule has 170 valence electrons. The van der Waals surface area contributed by atoms with E-state index in [1.807, 2.05) is 13.0 Å². The Morgan fingerprint density at radius 1 is 1.44 bits per heavy atom. The molecule has 0 spiro atoms. The standard InChI is InChI=1S/C21H25ClN6O3S/c1-6-9-23-18(28(2)3)13-25-20(29)15-12-26-21(32(5)30)27-19(15)24-11-14-7-8-17(31-4)16(22)10-14/h6-10,12H,2,11,13H2,1,3-5H3,(H-,24,25,26,27,29)/p+1. The van der Waals surface area contributed by atoms with Crippen LogP contribution in [0.1, 0.15) is 22.8 Å².